The Bertz CT molecular complexity index is 1580. The zero-order chi connectivity index (χ0) is 36.8. The SMILES string of the molecule is C=C(C)[C@@H]1CC[C@]2(NCCC3CCS(=O)(=O)CC3)CC[C@]3(C)[C@H](CC[C@@H]4[C@@]5(C)CC=C(C6=CCC(CF)(C(=O)O)CC6)C(C)(C)[C@@H]5CC[C@]43C)[C@@H]12. The van der Waals surface area contributed by atoms with Crippen molar-refractivity contribution in [1.29, 1.82) is 0 Å². The van der Waals surface area contributed by atoms with Gasteiger partial charge in [0.2, 0.25) is 0 Å². The second-order valence-electron chi connectivity index (χ2n) is 20.3. The molecule has 1 heterocycles. The minimum Gasteiger partial charge on any atom is -0.481 e. The van der Waals surface area contributed by atoms with E-state index in [2.05, 4.69) is 65.6 Å². The third kappa shape index (κ3) is 5.72. The molecule has 0 spiro atoms. The largest absolute Gasteiger partial charge is 0.481 e. The number of carbonyl (C=O) groups is 1. The molecule has 0 aromatic carbocycles. The van der Waals surface area contributed by atoms with Crippen LogP contribution in [0.1, 0.15) is 138 Å². The summed E-state index contributed by atoms with van der Waals surface area (Å²) in [5.74, 6) is 3.31. The third-order valence-corrected chi connectivity index (χ3v) is 19.7. The molecule has 51 heavy (non-hydrogen) atoms. The third-order valence-electron chi connectivity index (χ3n) is 18.0. The Kier molecular flexibility index (Phi) is 9.50. The predicted octanol–water partition coefficient (Wildman–Crippen LogP) is 9.89. The summed E-state index contributed by atoms with van der Waals surface area (Å²) in [4.78, 5) is 12.0. The topological polar surface area (TPSA) is 83.5 Å². The number of aliphatic carboxylic acids is 1. The van der Waals surface area contributed by atoms with Crippen LogP contribution in [0.2, 0.25) is 0 Å². The number of halogens is 1. The van der Waals surface area contributed by atoms with Gasteiger partial charge in [-0.2, -0.15) is 0 Å². The van der Waals surface area contributed by atoms with Gasteiger partial charge in [-0.1, -0.05) is 58.9 Å². The highest BCUT2D eigenvalue weighted by Crippen LogP contribution is 2.76. The molecule has 7 rings (SSSR count). The fourth-order valence-corrected chi connectivity index (χ4v) is 16.5. The van der Waals surface area contributed by atoms with E-state index in [1.807, 2.05) is 0 Å². The van der Waals surface area contributed by atoms with Crippen molar-refractivity contribution < 1.29 is 22.7 Å². The van der Waals surface area contributed by atoms with E-state index in [0.29, 0.717) is 59.9 Å². The molecule has 1 aliphatic heterocycles. The van der Waals surface area contributed by atoms with Gasteiger partial charge in [0.25, 0.3) is 0 Å². The zero-order valence-corrected chi connectivity index (χ0v) is 33.5. The summed E-state index contributed by atoms with van der Waals surface area (Å²) < 4.78 is 38.1. The summed E-state index contributed by atoms with van der Waals surface area (Å²) in [6, 6.07) is 0. The number of hydrogen-bond acceptors (Lipinski definition) is 4. The first-order valence-electron chi connectivity index (χ1n) is 20.7. The van der Waals surface area contributed by atoms with Crippen LogP contribution in [0.4, 0.5) is 4.39 Å². The Balaban J connectivity index is 1.13. The Morgan fingerprint density at radius 2 is 1.63 bits per heavy atom. The maximum Gasteiger partial charge on any atom is 0.312 e. The van der Waals surface area contributed by atoms with Crippen molar-refractivity contribution in [2.45, 2.75) is 143 Å². The molecule has 286 valence electrons. The van der Waals surface area contributed by atoms with E-state index in [1.165, 1.54) is 68.1 Å². The Morgan fingerprint density at radius 3 is 2.25 bits per heavy atom. The van der Waals surface area contributed by atoms with Crippen LogP contribution in [0.15, 0.2) is 35.5 Å². The van der Waals surface area contributed by atoms with Crippen LogP contribution in [-0.4, -0.2) is 49.8 Å². The lowest BCUT2D eigenvalue weighted by Crippen LogP contribution is -2.68. The highest BCUT2D eigenvalue weighted by Gasteiger charge is 2.70. The normalized spacial score (nSPS) is 46.1. The van der Waals surface area contributed by atoms with Gasteiger partial charge < -0.3 is 10.4 Å². The average molecular weight is 726 g/mol. The molecule has 5 fully saturated rings. The van der Waals surface area contributed by atoms with Gasteiger partial charge in [0.05, 0.1) is 16.9 Å². The maximum absolute atomic E-state index is 14.0. The molecule has 0 amide bonds. The summed E-state index contributed by atoms with van der Waals surface area (Å²) >= 11 is 0. The Morgan fingerprint density at radius 1 is 0.902 bits per heavy atom. The smallest absolute Gasteiger partial charge is 0.312 e. The molecule has 0 aromatic rings. The van der Waals surface area contributed by atoms with Gasteiger partial charge in [-0.3, -0.25) is 4.79 Å². The zero-order valence-electron chi connectivity index (χ0n) is 32.7. The number of sulfone groups is 1. The van der Waals surface area contributed by atoms with Crippen LogP contribution in [0, 0.1) is 62.6 Å². The highest BCUT2D eigenvalue weighted by atomic mass is 32.2. The Labute approximate surface area is 309 Å². The van der Waals surface area contributed by atoms with Gasteiger partial charge >= 0.3 is 5.97 Å². The van der Waals surface area contributed by atoms with E-state index in [-0.39, 0.29) is 33.6 Å². The first-order chi connectivity index (χ1) is 23.9. The molecule has 5 nitrogen and oxygen atoms in total. The molecular formula is C44H68FNO4S. The van der Waals surface area contributed by atoms with Crippen molar-refractivity contribution in [3.8, 4) is 0 Å². The van der Waals surface area contributed by atoms with E-state index in [0.717, 1.165) is 32.2 Å². The van der Waals surface area contributed by atoms with Crippen LogP contribution in [0.3, 0.4) is 0 Å². The van der Waals surface area contributed by atoms with Crippen LogP contribution in [-0.2, 0) is 14.6 Å². The summed E-state index contributed by atoms with van der Waals surface area (Å²) in [7, 11) is -2.83. The second kappa shape index (κ2) is 12.8. The molecule has 4 saturated carbocycles. The second-order valence-corrected chi connectivity index (χ2v) is 22.7. The number of hydrogen-bond donors (Lipinski definition) is 2. The predicted molar refractivity (Wildman–Crippen MR) is 205 cm³/mol. The quantitative estimate of drug-likeness (QED) is 0.244. The molecular weight excluding hydrogens is 658 g/mol. The molecule has 7 aliphatic rings. The molecule has 1 unspecified atom stereocenters. The summed E-state index contributed by atoms with van der Waals surface area (Å²) in [6.45, 7) is 20.0. The van der Waals surface area contributed by atoms with Gasteiger partial charge in [0.1, 0.15) is 16.5 Å². The molecule has 2 N–H and O–H groups in total. The van der Waals surface area contributed by atoms with E-state index in [4.69, 9.17) is 0 Å². The Hall–Kier alpha value is -1.47. The van der Waals surface area contributed by atoms with Gasteiger partial charge in [-0.05, 0) is 178 Å². The lowest BCUT2D eigenvalue weighted by molar-refractivity contribution is -0.221. The molecule has 0 radical (unpaired) electrons. The van der Waals surface area contributed by atoms with E-state index in [1.54, 1.807) is 0 Å². The van der Waals surface area contributed by atoms with Crippen molar-refractivity contribution in [3.05, 3.63) is 35.5 Å². The van der Waals surface area contributed by atoms with Gasteiger partial charge in [-0.15, -0.1) is 0 Å². The lowest BCUT2D eigenvalue weighted by atomic mass is 9.33. The van der Waals surface area contributed by atoms with Crippen molar-refractivity contribution >= 4 is 15.8 Å². The standard InChI is InChI=1S/C44H68FNO4S/c1-29(2)32-12-22-44(46-25-15-30-16-26-51(49,50)27-17-30)24-23-41(6)34(37(32)44)8-9-36-40(5)18-13-33(39(3,4)35(40)14-19-42(36,41)7)31-10-20-43(28-45,21-11-31)38(47)48/h10,13,30,32,34-37,46H,1,8-9,11-12,14-28H2,2-7H3,(H,47,48)/t32-,34+,35-,36+,37+,40-,41+,42+,43?,44-/m0/s1. The van der Waals surface area contributed by atoms with E-state index in [9.17, 15) is 22.7 Å². The van der Waals surface area contributed by atoms with E-state index >= 15 is 0 Å². The van der Waals surface area contributed by atoms with Crippen molar-refractivity contribution in [3.63, 3.8) is 0 Å². The molecule has 6 aliphatic carbocycles. The van der Waals surface area contributed by atoms with Gasteiger partial charge in [0.15, 0.2) is 0 Å². The van der Waals surface area contributed by atoms with Crippen LogP contribution >= 0.6 is 0 Å². The molecule has 7 heteroatoms. The molecule has 10 atom stereocenters. The van der Waals surface area contributed by atoms with E-state index < -0.39 is 27.9 Å². The average Bonchev–Trinajstić information content (AvgIpc) is 3.46. The number of nitrogens with one attached hydrogen (secondary N) is 1. The fraction of sp³-hybridized carbons (Fsp3) is 0.841. The minimum absolute atomic E-state index is 0.0124. The van der Waals surface area contributed by atoms with Gasteiger partial charge in [-0.25, -0.2) is 12.8 Å². The van der Waals surface area contributed by atoms with Crippen molar-refractivity contribution in [2.24, 2.45) is 62.6 Å². The molecule has 0 bridgehead atoms. The number of allylic oxidation sites excluding steroid dienone is 5. The maximum atomic E-state index is 14.0. The first-order valence-corrected chi connectivity index (χ1v) is 22.5. The van der Waals surface area contributed by atoms with Crippen molar-refractivity contribution in [2.75, 3.05) is 24.7 Å². The number of alkyl halides is 1. The number of carboxylic acids is 1. The lowest BCUT2D eigenvalue weighted by Gasteiger charge is -2.72. The van der Waals surface area contributed by atoms with Crippen molar-refractivity contribution in [1.82, 2.24) is 5.32 Å². The monoisotopic (exact) mass is 725 g/mol. The van der Waals surface area contributed by atoms with Crippen LogP contribution < -0.4 is 5.32 Å². The summed E-state index contributed by atoms with van der Waals surface area (Å²) in [5.41, 5.74) is 3.67. The number of rotatable bonds is 8. The summed E-state index contributed by atoms with van der Waals surface area (Å²) in [5, 5.41) is 14.1. The van der Waals surface area contributed by atoms with Gasteiger partial charge in [0, 0.05) is 5.54 Å². The minimum atomic E-state index is -2.83. The summed E-state index contributed by atoms with van der Waals surface area (Å²) in [6.07, 6.45) is 19.8. The molecule has 1 saturated heterocycles. The number of carboxylic acid groups (broad SMARTS) is 1. The van der Waals surface area contributed by atoms with Crippen LogP contribution in [0.25, 0.3) is 0 Å². The first kappa shape index (κ1) is 37.8. The molecule has 0 aromatic heterocycles. The number of fused-ring (bicyclic) bond motifs is 7. The highest BCUT2D eigenvalue weighted by molar-refractivity contribution is 7.91. The fourth-order valence-electron chi connectivity index (χ4n) is 14.9. The van der Waals surface area contributed by atoms with Crippen LogP contribution in [0.5, 0.6) is 0 Å².